The van der Waals surface area contributed by atoms with Crippen molar-refractivity contribution in [3.05, 3.63) is 63.2 Å². The minimum Gasteiger partial charge on any atom is -0.508 e. The zero-order chi connectivity index (χ0) is 14.7. The molecule has 6 heteroatoms. The molecular formula is C14H13ClN2O3. The molecule has 5 nitrogen and oxygen atoms in total. The van der Waals surface area contributed by atoms with E-state index >= 15 is 0 Å². The van der Waals surface area contributed by atoms with E-state index in [0.717, 1.165) is 0 Å². The molecule has 2 N–H and O–H groups in total. The number of hydrogen-bond acceptors (Lipinski definition) is 4. The van der Waals surface area contributed by atoms with Gasteiger partial charge in [0.05, 0.1) is 11.0 Å². The number of rotatable bonds is 4. The Balaban J connectivity index is 2.32. The first-order valence-corrected chi connectivity index (χ1v) is 6.35. The normalized spacial score (nSPS) is 11.9. The molecule has 0 aromatic heterocycles. The van der Waals surface area contributed by atoms with Crippen LogP contribution in [0.15, 0.2) is 42.5 Å². The highest BCUT2D eigenvalue weighted by atomic mass is 35.5. The zero-order valence-corrected chi connectivity index (χ0v) is 11.5. The summed E-state index contributed by atoms with van der Waals surface area (Å²) in [6.45, 7) is 1.81. The van der Waals surface area contributed by atoms with Crippen LogP contribution in [0.2, 0.25) is 5.02 Å². The van der Waals surface area contributed by atoms with E-state index in [1.54, 1.807) is 31.2 Å². The van der Waals surface area contributed by atoms with Crippen molar-refractivity contribution < 1.29 is 10.0 Å². The van der Waals surface area contributed by atoms with Gasteiger partial charge in [0.25, 0.3) is 5.69 Å². The van der Waals surface area contributed by atoms with Gasteiger partial charge in [0.1, 0.15) is 11.4 Å². The Hall–Kier alpha value is -2.27. The van der Waals surface area contributed by atoms with Gasteiger partial charge in [-0.15, -0.1) is 0 Å². The van der Waals surface area contributed by atoms with E-state index in [1.807, 2.05) is 0 Å². The van der Waals surface area contributed by atoms with Crippen LogP contribution >= 0.6 is 11.6 Å². The summed E-state index contributed by atoms with van der Waals surface area (Å²) in [5.41, 5.74) is 0.914. The summed E-state index contributed by atoms with van der Waals surface area (Å²) in [7, 11) is 0. The maximum atomic E-state index is 11.0. The SMILES string of the molecule is CC(Nc1cc(Cl)ccc1[N+](=O)[O-])c1ccccc1O. The Bertz CT molecular complexity index is 646. The van der Waals surface area contributed by atoms with Gasteiger partial charge in [0, 0.05) is 16.7 Å². The molecule has 2 aromatic rings. The van der Waals surface area contributed by atoms with Gasteiger partial charge in [-0.05, 0) is 25.1 Å². The molecule has 0 fully saturated rings. The molecule has 1 atom stereocenters. The maximum Gasteiger partial charge on any atom is 0.292 e. The minimum atomic E-state index is -0.476. The number of nitrogens with one attached hydrogen (secondary N) is 1. The first kappa shape index (κ1) is 14.1. The van der Waals surface area contributed by atoms with Crippen LogP contribution in [0.5, 0.6) is 5.75 Å². The van der Waals surface area contributed by atoms with Crippen molar-refractivity contribution in [2.75, 3.05) is 5.32 Å². The Kier molecular flexibility index (Phi) is 4.10. The summed E-state index contributed by atoms with van der Waals surface area (Å²) in [6.07, 6.45) is 0. The van der Waals surface area contributed by atoms with Gasteiger partial charge in [-0.2, -0.15) is 0 Å². The van der Waals surface area contributed by atoms with E-state index in [2.05, 4.69) is 5.32 Å². The summed E-state index contributed by atoms with van der Waals surface area (Å²) in [5.74, 6) is 0.136. The smallest absolute Gasteiger partial charge is 0.292 e. The van der Waals surface area contributed by atoms with Crippen LogP contribution in [0.4, 0.5) is 11.4 Å². The van der Waals surface area contributed by atoms with Crippen molar-refractivity contribution in [1.82, 2.24) is 0 Å². The number of aromatic hydroxyl groups is 1. The van der Waals surface area contributed by atoms with Crippen molar-refractivity contribution in [2.24, 2.45) is 0 Å². The zero-order valence-electron chi connectivity index (χ0n) is 10.7. The van der Waals surface area contributed by atoms with Crippen LogP contribution in [-0.2, 0) is 0 Å². The highest BCUT2D eigenvalue weighted by molar-refractivity contribution is 6.31. The molecule has 2 aromatic carbocycles. The van der Waals surface area contributed by atoms with E-state index in [9.17, 15) is 15.2 Å². The second-order valence-electron chi connectivity index (χ2n) is 4.34. The highest BCUT2D eigenvalue weighted by Crippen LogP contribution is 2.32. The fourth-order valence-corrected chi connectivity index (χ4v) is 2.12. The van der Waals surface area contributed by atoms with Gasteiger partial charge >= 0.3 is 0 Å². The number of anilines is 1. The molecule has 0 aliphatic rings. The lowest BCUT2D eigenvalue weighted by Crippen LogP contribution is -2.08. The van der Waals surface area contributed by atoms with E-state index in [1.165, 1.54) is 18.2 Å². The monoisotopic (exact) mass is 292 g/mol. The number of hydrogen-bond donors (Lipinski definition) is 2. The lowest BCUT2D eigenvalue weighted by atomic mass is 10.1. The van der Waals surface area contributed by atoms with Gasteiger partial charge in [-0.25, -0.2) is 0 Å². The molecule has 0 aliphatic heterocycles. The Morgan fingerprint density at radius 1 is 1.30 bits per heavy atom. The third kappa shape index (κ3) is 3.00. The molecule has 0 spiro atoms. The topological polar surface area (TPSA) is 75.4 Å². The third-order valence-corrected chi connectivity index (χ3v) is 3.17. The van der Waals surface area contributed by atoms with Crippen LogP contribution < -0.4 is 5.32 Å². The number of benzene rings is 2. The van der Waals surface area contributed by atoms with E-state index in [4.69, 9.17) is 11.6 Å². The van der Waals surface area contributed by atoms with Crippen LogP contribution in [0, 0.1) is 10.1 Å². The van der Waals surface area contributed by atoms with Crippen molar-refractivity contribution in [2.45, 2.75) is 13.0 Å². The van der Waals surface area contributed by atoms with Crippen molar-refractivity contribution in [1.29, 1.82) is 0 Å². The van der Waals surface area contributed by atoms with Crippen LogP contribution in [0.3, 0.4) is 0 Å². The number of phenols is 1. The minimum absolute atomic E-state index is 0.0586. The quantitative estimate of drug-likeness (QED) is 0.656. The molecule has 0 saturated carbocycles. The molecule has 20 heavy (non-hydrogen) atoms. The number of nitro benzene ring substituents is 1. The van der Waals surface area contributed by atoms with Crippen LogP contribution in [-0.4, -0.2) is 10.0 Å². The molecule has 0 aliphatic carbocycles. The average molecular weight is 293 g/mol. The second-order valence-corrected chi connectivity index (χ2v) is 4.78. The lowest BCUT2D eigenvalue weighted by Gasteiger charge is -2.17. The van der Waals surface area contributed by atoms with Gasteiger partial charge in [-0.1, -0.05) is 29.8 Å². The fourth-order valence-electron chi connectivity index (χ4n) is 1.95. The molecule has 0 heterocycles. The van der Waals surface area contributed by atoms with Gasteiger partial charge < -0.3 is 10.4 Å². The Labute approximate surface area is 121 Å². The molecule has 0 amide bonds. The van der Waals surface area contributed by atoms with E-state index < -0.39 is 4.92 Å². The summed E-state index contributed by atoms with van der Waals surface area (Å²) >= 11 is 5.87. The van der Waals surface area contributed by atoms with Crippen LogP contribution in [0.1, 0.15) is 18.5 Å². The first-order chi connectivity index (χ1) is 9.49. The van der Waals surface area contributed by atoms with Gasteiger partial charge in [0.15, 0.2) is 0 Å². The highest BCUT2D eigenvalue weighted by Gasteiger charge is 2.17. The Morgan fingerprint density at radius 3 is 2.65 bits per heavy atom. The summed E-state index contributed by atoms with van der Waals surface area (Å²) in [6, 6.07) is 10.8. The largest absolute Gasteiger partial charge is 0.508 e. The predicted molar refractivity (Wildman–Crippen MR) is 78.3 cm³/mol. The van der Waals surface area contributed by atoms with Crippen molar-refractivity contribution >= 4 is 23.0 Å². The standard InChI is InChI=1S/C14H13ClN2O3/c1-9(11-4-2-3-5-14(11)18)16-12-8-10(15)6-7-13(12)17(19)20/h2-9,16,18H,1H3. The first-order valence-electron chi connectivity index (χ1n) is 5.97. The maximum absolute atomic E-state index is 11.0. The number of phenolic OH excluding ortho intramolecular Hbond substituents is 1. The summed E-state index contributed by atoms with van der Waals surface area (Å²) < 4.78 is 0. The van der Waals surface area contributed by atoms with Gasteiger partial charge in [0.2, 0.25) is 0 Å². The summed E-state index contributed by atoms with van der Waals surface area (Å²) in [5, 5.41) is 24.2. The molecule has 2 rings (SSSR count). The number of nitrogens with zero attached hydrogens (tertiary/aromatic N) is 1. The van der Waals surface area contributed by atoms with Gasteiger partial charge in [-0.3, -0.25) is 10.1 Å². The number of nitro groups is 1. The number of para-hydroxylation sites is 1. The second kappa shape index (κ2) is 5.79. The molecular weight excluding hydrogens is 280 g/mol. The molecule has 0 saturated heterocycles. The average Bonchev–Trinajstić information content (AvgIpc) is 2.38. The molecule has 0 radical (unpaired) electrons. The van der Waals surface area contributed by atoms with Crippen molar-refractivity contribution in [3.8, 4) is 5.75 Å². The fraction of sp³-hybridized carbons (Fsp3) is 0.143. The molecule has 104 valence electrons. The Morgan fingerprint density at radius 2 is 2.00 bits per heavy atom. The van der Waals surface area contributed by atoms with E-state index in [-0.39, 0.29) is 17.5 Å². The van der Waals surface area contributed by atoms with Crippen molar-refractivity contribution in [3.63, 3.8) is 0 Å². The molecule has 0 bridgehead atoms. The summed E-state index contributed by atoms with van der Waals surface area (Å²) in [4.78, 5) is 10.5. The van der Waals surface area contributed by atoms with E-state index in [0.29, 0.717) is 16.3 Å². The third-order valence-electron chi connectivity index (χ3n) is 2.93. The molecule has 1 unspecified atom stereocenters. The predicted octanol–water partition coefficient (Wildman–Crippen LogP) is 4.13. The lowest BCUT2D eigenvalue weighted by molar-refractivity contribution is -0.384. The van der Waals surface area contributed by atoms with Crippen LogP contribution in [0.25, 0.3) is 0 Å². The number of halogens is 1.